The molecule has 0 radical (unpaired) electrons. The first-order valence-electron chi connectivity index (χ1n) is 7.57. The second kappa shape index (κ2) is 6.19. The minimum atomic E-state index is -0.183. The molecule has 0 bridgehead atoms. The fourth-order valence-electron chi connectivity index (χ4n) is 3.11. The van der Waals surface area contributed by atoms with Gasteiger partial charge in [-0.3, -0.25) is 9.36 Å². The van der Waals surface area contributed by atoms with Crippen molar-refractivity contribution in [1.29, 1.82) is 0 Å². The maximum absolute atomic E-state index is 12.4. The number of hydrogen-bond donors (Lipinski definition) is 0. The number of aromatic nitrogens is 3. The van der Waals surface area contributed by atoms with Gasteiger partial charge in [-0.2, -0.15) is 0 Å². The summed E-state index contributed by atoms with van der Waals surface area (Å²) in [6, 6.07) is 6.16. The molecule has 3 aromatic rings. The van der Waals surface area contributed by atoms with Crippen LogP contribution in [0.25, 0.3) is 16.7 Å². The van der Waals surface area contributed by atoms with Crippen LogP contribution < -0.4 is 0 Å². The van der Waals surface area contributed by atoms with Crippen LogP contribution in [0.15, 0.2) is 18.2 Å². The molecular formula is C18H17Cl2N3O. The molecule has 0 saturated carbocycles. The van der Waals surface area contributed by atoms with Crippen molar-refractivity contribution in [1.82, 2.24) is 14.5 Å². The number of benzene rings is 1. The zero-order valence-corrected chi connectivity index (χ0v) is 15.5. The standard InChI is InChI=1S/C18H17Cl2N3O/c1-9-5-6-13(10(2)7-9)23-11(3)15(14(24)8-19)16-17(20)21-12(4)22-18(16)23/h5-7H,8H2,1-4H3. The minimum absolute atomic E-state index is 0.114. The molecule has 0 amide bonds. The number of nitrogens with zero attached hydrogens (tertiary/aromatic N) is 3. The Morgan fingerprint density at radius 1 is 1.17 bits per heavy atom. The number of aryl methyl sites for hydroxylation is 3. The number of carbonyl (C=O) groups excluding carboxylic acids is 1. The monoisotopic (exact) mass is 361 g/mol. The Balaban J connectivity index is 2.48. The maximum atomic E-state index is 12.4. The molecule has 2 heterocycles. The molecule has 6 heteroatoms. The van der Waals surface area contributed by atoms with Gasteiger partial charge in [-0.15, -0.1) is 11.6 Å². The molecule has 0 atom stereocenters. The number of hydrogen-bond acceptors (Lipinski definition) is 3. The summed E-state index contributed by atoms with van der Waals surface area (Å²) < 4.78 is 1.96. The lowest BCUT2D eigenvalue weighted by atomic mass is 10.1. The third-order valence-electron chi connectivity index (χ3n) is 4.11. The largest absolute Gasteiger partial charge is 0.297 e. The van der Waals surface area contributed by atoms with Crippen LogP contribution in [-0.4, -0.2) is 26.2 Å². The van der Waals surface area contributed by atoms with E-state index in [4.69, 9.17) is 23.2 Å². The van der Waals surface area contributed by atoms with Crippen LogP contribution in [0.2, 0.25) is 5.15 Å². The molecule has 0 aliphatic rings. The van der Waals surface area contributed by atoms with E-state index in [0.29, 0.717) is 22.4 Å². The predicted octanol–water partition coefficient (Wildman–Crippen LogP) is 4.73. The van der Waals surface area contributed by atoms with E-state index >= 15 is 0 Å². The van der Waals surface area contributed by atoms with E-state index in [0.717, 1.165) is 16.9 Å². The quantitative estimate of drug-likeness (QED) is 0.385. The summed E-state index contributed by atoms with van der Waals surface area (Å²) in [5, 5.41) is 0.836. The molecule has 3 rings (SSSR count). The lowest BCUT2D eigenvalue weighted by Crippen LogP contribution is -2.05. The number of halogens is 2. The Morgan fingerprint density at radius 2 is 1.88 bits per heavy atom. The first-order chi connectivity index (χ1) is 11.3. The van der Waals surface area contributed by atoms with Crippen molar-refractivity contribution >= 4 is 40.0 Å². The Hall–Kier alpha value is -1.91. The van der Waals surface area contributed by atoms with Crippen LogP contribution in [0.4, 0.5) is 0 Å². The van der Waals surface area contributed by atoms with E-state index in [9.17, 15) is 4.79 Å². The molecule has 0 aliphatic heterocycles. The lowest BCUT2D eigenvalue weighted by Gasteiger charge is -2.12. The molecule has 0 saturated heterocycles. The van der Waals surface area contributed by atoms with Crippen LogP contribution in [-0.2, 0) is 0 Å². The molecule has 0 unspecified atom stereocenters. The molecule has 0 N–H and O–H groups in total. The smallest absolute Gasteiger partial charge is 0.180 e. The van der Waals surface area contributed by atoms with Crippen molar-refractivity contribution < 1.29 is 4.79 Å². The minimum Gasteiger partial charge on any atom is -0.297 e. The first kappa shape index (κ1) is 16.9. The van der Waals surface area contributed by atoms with Gasteiger partial charge in [0.25, 0.3) is 0 Å². The summed E-state index contributed by atoms with van der Waals surface area (Å²) in [7, 11) is 0. The summed E-state index contributed by atoms with van der Waals surface area (Å²) in [6.07, 6.45) is 0. The number of ketones is 1. The van der Waals surface area contributed by atoms with Gasteiger partial charge in [-0.25, -0.2) is 9.97 Å². The number of alkyl halides is 1. The molecule has 0 fully saturated rings. The average Bonchev–Trinajstić information content (AvgIpc) is 2.79. The third-order valence-corrected chi connectivity index (χ3v) is 4.63. The molecule has 1 aromatic carbocycles. The summed E-state index contributed by atoms with van der Waals surface area (Å²) in [5.41, 5.74) is 5.12. The van der Waals surface area contributed by atoms with Gasteiger partial charge in [0.1, 0.15) is 11.0 Å². The molecular weight excluding hydrogens is 345 g/mol. The second-order valence-electron chi connectivity index (χ2n) is 5.90. The van der Waals surface area contributed by atoms with Crippen LogP contribution in [0.5, 0.6) is 0 Å². The van der Waals surface area contributed by atoms with E-state index in [1.165, 1.54) is 5.56 Å². The highest BCUT2D eigenvalue weighted by molar-refractivity contribution is 6.37. The normalized spacial score (nSPS) is 11.2. The summed E-state index contributed by atoms with van der Waals surface area (Å²) in [5.74, 6) is 0.259. The predicted molar refractivity (Wildman–Crippen MR) is 97.9 cm³/mol. The molecule has 24 heavy (non-hydrogen) atoms. The van der Waals surface area contributed by atoms with Crippen molar-refractivity contribution in [3.8, 4) is 5.69 Å². The van der Waals surface area contributed by atoms with Gasteiger partial charge in [0.2, 0.25) is 0 Å². The van der Waals surface area contributed by atoms with Gasteiger partial charge in [-0.1, -0.05) is 29.3 Å². The first-order valence-corrected chi connectivity index (χ1v) is 8.48. The van der Waals surface area contributed by atoms with Gasteiger partial charge >= 0.3 is 0 Å². The third kappa shape index (κ3) is 2.60. The van der Waals surface area contributed by atoms with Gasteiger partial charge in [-0.05, 0) is 39.3 Å². The molecule has 2 aromatic heterocycles. The second-order valence-corrected chi connectivity index (χ2v) is 6.53. The fourth-order valence-corrected chi connectivity index (χ4v) is 3.55. The van der Waals surface area contributed by atoms with E-state index in [-0.39, 0.29) is 16.8 Å². The van der Waals surface area contributed by atoms with E-state index in [1.54, 1.807) is 6.92 Å². The van der Waals surface area contributed by atoms with Crippen LogP contribution >= 0.6 is 23.2 Å². The fraction of sp³-hybridized carbons (Fsp3) is 0.278. The van der Waals surface area contributed by atoms with Crippen molar-refractivity contribution in [3.05, 3.63) is 51.6 Å². The summed E-state index contributed by atoms with van der Waals surface area (Å²) >= 11 is 12.2. The summed E-state index contributed by atoms with van der Waals surface area (Å²) in [6.45, 7) is 7.74. The Labute approximate surface area is 150 Å². The van der Waals surface area contributed by atoms with Crippen molar-refractivity contribution in [2.75, 3.05) is 5.88 Å². The number of carbonyl (C=O) groups is 1. The van der Waals surface area contributed by atoms with Gasteiger partial charge in [0.05, 0.1) is 22.5 Å². The highest BCUT2D eigenvalue weighted by atomic mass is 35.5. The summed E-state index contributed by atoms with van der Waals surface area (Å²) in [4.78, 5) is 21.2. The Kier molecular flexibility index (Phi) is 4.37. The van der Waals surface area contributed by atoms with E-state index in [2.05, 4.69) is 16.0 Å². The van der Waals surface area contributed by atoms with Crippen LogP contribution in [0.1, 0.15) is 33.0 Å². The van der Waals surface area contributed by atoms with Crippen molar-refractivity contribution in [2.45, 2.75) is 27.7 Å². The number of Topliss-reactive ketones (excluding diaryl/α,β-unsaturated/α-hetero) is 1. The van der Waals surface area contributed by atoms with Crippen LogP contribution in [0.3, 0.4) is 0 Å². The molecule has 0 aliphatic carbocycles. The van der Waals surface area contributed by atoms with Crippen molar-refractivity contribution in [2.24, 2.45) is 0 Å². The molecule has 0 spiro atoms. The topological polar surface area (TPSA) is 47.8 Å². The molecule has 124 valence electrons. The Morgan fingerprint density at radius 3 is 2.50 bits per heavy atom. The zero-order valence-electron chi connectivity index (χ0n) is 13.9. The molecule has 4 nitrogen and oxygen atoms in total. The van der Waals surface area contributed by atoms with Gasteiger partial charge in [0, 0.05) is 5.69 Å². The van der Waals surface area contributed by atoms with Gasteiger partial charge in [0.15, 0.2) is 11.4 Å². The maximum Gasteiger partial charge on any atom is 0.180 e. The van der Waals surface area contributed by atoms with Crippen molar-refractivity contribution in [3.63, 3.8) is 0 Å². The number of fused-ring (bicyclic) bond motifs is 1. The van der Waals surface area contributed by atoms with Crippen LogP contribution in [0, 0.1) is 27.7 Å². The SMILES string of the molecule is Cc1ccc(-n2c(C)c(C(=O)CCl)c3c(Cl)nc(C)nc32)c(C)c1. The van der Waals surface area contributed by atoms with E-state index in [1.807, 2.05) is 37.5 Å². The zero-order chi connectivity index (χ0) is 17.6. The number of rotatable bonds is 3. The van der Waals surface area contributed by atoms with E-state index < -0.39 is 0 Å². The Bertz CT molecular complexity index is 976. The highest BCUT2D eigenvalue weighted by Crippen LogP contribution is 2.33. The lowest BCUT2D eigenvalue weighted by molar-refractivity contribution is 0.102. The average molecular weight is 362 g/mol. The highest BCUT2D eigenvalue weighted by Gasteiger charge is 2.24. The van der Waals surface area contributed by atoms with Gasteiger partial charge < -0.3 is 0 Å².